The Morgan fingerprint density at radius 3 is 2.34 bits per heavy atom. The van der Waals surface area contributed by atoms with Gasteiger partial charge in [0.15, 0.2) is 6.61 Å². The quantitative estimate of drug-likeness (QED) is 0.178. The minimum Gasteiger partial charge on any atom is -0.489 e. The predicted octanol–water partition coefficient (Wildman–Crippen LogP) is 6.68. The average molecular weight is 567 g/mol. The largest absolute Gasteiger partial charge is 0.489 e. The first-order valence-corrected chi connectivity index (χ1v) is 13.4. The van der Waals surface area contributed by atoms with Crippen molar-refractivity contribution in [3.05, 3.63) is 130 Å². The zero-order valence-corrected chi connectivity index (χ0v) is 23.1. The molecule has 1 atom stereocenters. The maximum atomic E-state index is 12.4. The van der Waals surface area contributed by atoms with Crippen LogP contribution in [0.25, 0.3) is 0 Å². The smallest absolute Gasteiger partial charge is 0.349 e. The fourth-order valence-electron chi connectivity index (χ4n) is 4.50. The van der Waals surface area contributed by atoms with Crippen LogP contribution in [-0.4, -0.2) is 12.6 Å². The third-order valence-corrected chi connectivity index (χ3v) is 7.04. The van der Waals surface area contributed by atoms with Crippen LogP contribution < -0.4 is 24.7 Å². The second kappa shape index (κ2) is 12.5. The molecule has 0 aliphatic carbocycles. The fourth-order valence-corrected chi connectivity index (χ4v) is 4.69. The molecule has 4 aromatic carbocycles. The van der Waals surface area contributed by atoms with E-state index in [-0.39, 0.29) is 23.8 Å². The van der Waals surface area contributed by atoms with Crippen molar-refractivity contribution in [1.29, 1.82) is 5.26 Å². The zero-order chi connectivity index (χ0) is 28.8. The molecule has 0 amide bonds. The highest BCUT2D eigenvalue weighted by atomic mass is 35.5. The summed E-state index contributed by atoms with van der Waals surface area (Å²) in [5, 5.41) is 10.5. The van der Waals surface area contributed by atoms with E-state index in [0.29, 0.717) is 34.4 Å². The number of hydrogen-bond donors (Lipinski definition) is 1. The number of halogens is 1. The van der Waals surface area contributed by atoms with Crippen LogP contribution in [0.4, 0.5) is 0 Å². The number of benzene rings is 4. The molecule has 1 aliphatic rings. The fraction of sp³-hybridized carbons (Fsp3) is 0.152. The van der Waals surface area contributed by atoms with Crippen molar-refractivity contribution in [2.45, 2.75) is 25.9 Å². The maximum absolute atomic E-state index is 12.4. The van der Waals surface area contributed by atoms with E-state index in [1.807, 2.05) is 72.8 Å². The van der Waals surface area contributed by atoms with E-state index in [4.69, 9.17) is 36.3 Å². The van der Waals surface area contributed by atoms with Gasteiger partial charge in [0.05, 0.1) is 5.92 Å². The van der Waals surface area contributed by atoms with Crippen molar-refractivity contribution in [1.82, 2.24) is 0 Å². The molecule has 0 fully saturated rings. The highest BCUT2D eigenvalue weighted by Crippen LogP contribution is 2.43. The number of carbonyl (C=O) groups is 1. The van der Waals surface area contributed by atoms with E-state index < -0.39 is 11.9 Å². The summed E-state index contributed by atoms with van der Waals surface area (Å²) in [6, 6.07) is 29.6. The lowest BCUT2D eigenvalue weighted by Gasteiger charge is -2.26. The van der Waals surface area contributed by atoms with Crippen LogP contribution in [0.2, 0.25) is 5.02 Å². The van der Waals surface area contributed by atoms with Crippen LogP contribution >= 0.6 is 11.6 Å². The molecule has 0 spiro atoms. The number of nitrogens with two attached hydrogens (primary N) is 1. The topological polar surface area (TPSA) is 104 Å². The molecule has 0 aromatic heterocycles. The molecule has 1 heterocycles. The Hall–Kier alpha value is -4.93. The van der Waals surface area contributed by atoms with Crippen molar-refractivity contribution in [3.63, 3.8) is 0 Å². The number of aryl methyl sites for hydroxylation is 1. The van der Waals surface area contributed by atoms with Crippen molar-refractivity contribution in [2.75, 3.05) is 6.61 Å². The Kier molecular flexibility index (Phi) is 8.42. The van der Waals surface area contributed by atoms with Gasteiger partial charge in [0.2, 0.25) is 5.88 Å². The minimum absolute atomic E-state index is 0.00798. The average Bonchev–Trinajstić information content (AvgIpc) is 2.99. The van der Waals surface area contributed by atoms with Crippen molar-refractivity contribution < 1.29 is 23.7 Å². The lowest BCUT2D eigenvalue weighted by Crippen LogP contribution is -2.21. The van der Waals surface area contributed by atoms with Gasteiger partial charge in [-0.1, -0.05) is 67.1 Å². The second-order valence-corrected chi connectivity index (χ2v) is 9.74. The van der Waals surface area contributed by atoms with Gasteiger partial charge in [0.1, 0.15) is 41.2 Å². The molecule has 0 saturated heterocycles. The molecule has 8 heteroatoms. The molecular formula is C33H27ClN2O5. The van der Waals surface area contributed by atoms with Crippen molar-refractivity contribution >= 4 is 17.6 Å². The second-order valence-electron chi connectivity index (χ2n) is 9.33. The number of fused-ring (bicyclic) bond motifs is 1. The summed E-state index contributed by atoms with van der Waals surface area (Å²) in [5.74, 6) is 0.860. The summed E-state index contributed by atoms with van der Waals surface area (Å²) >= 11 is 6.23. The van der Waals surface area contributed by atoms with Gasteiger partial charge in [-0.3, -0.25) is 0 Å². The number of allylic oxidation sites excluding steroid dienone is 1. The number of rotatable bonds is 9. The first-order valence-electron chi connectivity index (χ1n) is 13.0. The Labute approximate surface area is 243 Å². The standard InChI is InChI=1S/C33H27ClN2O5/c1-2-21-7-11-24(12-8-21)39-20-31(37)40-26-15-16-27-30(17-26)41-33(36)28(18-35)32(27)22-9-13-25(14-10-22)38-19-23-5-3-4-6-29(23)34/h3-17,32H,2,19-20,36H2,1H3. The summed E-state index contributed by atoms with van der Waals surface area (Å²) in [6.07, 6.45) is 0.920. The molecule has 41 heavy (non-hydrogen) atoms. The van der Waals surface area contributed by atoms with Crippen LogP contribution in [-0.2, 0) is 17.8 Å². The number of nitriles is 1. The van der Waals surface area contributed by atoms with Gasteiger partial charge in [-0.05, 0) is 53.9 Å². The third kappa shape index (κ3) is 6.46. The first-order chi connectivity index (χ1) is 19.9. The molecule has 5 rings (SSSR count). The summed E-state index contributed by atoms with van der Waals surface area (Å²) in [5.41, 5.74) is 10.0. The van der Waals surface area contributed by atoms with Gasteiger partial charge in [-0.2, -0.15) is 5.26 Å². The molecule has 0 bridgehead atoms. The molecular weight excluding hydrogens is 540 g/mol. The van der Waals surface area contributed by atoms with Crippen LogP contribution in [0.1, 0.15) is 35.1 Å². The highest BCUT2D eigenvalue weighted by molar-refractivity contribution is 6.31. The predicted molar refractivity (Wildman–Crippen MR) is 155 cm³/mol. The number of nitrogens with zero attached hydrogens (tertiary/aromatic N) is 1. The Bertz CT molecular complexity index is 1630. The van der Waals surface area contributed by atoms with Gasteiger partial charge >= 0.3 is 5.97 Å². The molecule has 2 N–H and O–H groups in total. The van der Waals surface area contributed by atoms with E-state index in [0.717, 1.165) is 17.5 Å². The maximum Gasteiger partial charge on any atom is 0.349 e. The lowest BCUT2D eigenvalue weighted by molar-refractivity contribution is -0.136. The SMILES string of the molecule is CCc1ccc(OCC(=O)Oc2ccc3c(c2)OC(N)=C(C#N)C3c2ccc(OCc3ccccc3Cl)cc2)cc1. The van der Waals surface area contributed by atoms with Crippen LogP contribution in [0.3, 0.4) is 0 Å². The van der Waals surface area contributed by atoms with Crippen molar-refractivity contribution in [2.24, 2.45) is 5.73 Å². The highest BCUT2D eigenvalue weighted by Gasteiger charge is 2.31. The summed E-state index contributed by atoms with van der Waals surface area (Å²) in [7, 11) is 0. The van der Waals surface area contributed by atoms with Crippen molar-refractivity contribution in [3.8, 4) is 29.1 Å². The molecule has 0 radical (unpaired) electrons. The molecule has 1 aliphatic heterocycles. The number of carbonyl (C=O) groups excluding carboxylic acids is 1. The van der Waals surface area contributed by atoms with Gasteiger partial charge in [0, 0.05) is 22.2 Å². The van der Waals surface area contributed by atoms with E-state index in [1.54, 1.807) is 18.2 Å². The van der Waals surface area contributed by atoms with Gasteiger partial charge in [-0.25, -0.2) is 4.79 Å². The minimum atomic E-state index is -0.564. The number of esters is 1. The summed E-state index contributed by atoms with van der Waals surface area (Å²) in [4.78, 5) is 12.4. The van der Waals surface area contributed by atoms with Gasteiger partial charge in [-0.15, -0.1) is 0 Å². The monoisotopic (exact) mass is 566 g/mol. The Morgan fingerprint density at radius 1 is 0.951 bits per heavy atom. The summed E-state index contributed by atoms with van der Waals surface area (Å²) < 4.78 is 22.7. The summed E-state index contributed by atoms with van der Waals surface area (Å²) in [6.45, 7) is 2.14. The molecule has 0 saturated carbocycles. The number of hydrogen-bond acceptors (Lipinski definition) is 7. The van der Waals surface area contributed by atoms with Crippen LogP contribution in [0.15, 0.2) is 102 Å². The number of ether oxygens (including phenoxy) is 4. The zero-order valence-electron chi connectivity index (χ0n) is 22.3. The Balaban J connectivity index is 1.29. The van der Waals surface area contributed by atoms with E-state index >= 15 is 0 Å². The Morgan fingerprint density at radius 2 is 1.63 bits per heavy atom. The molecule has 4 aromatic rings. The first kappa shape index (κ1) is 27.6. The van der Waals surface area contributed by atoms with Gasteiger partial charge < -0.3 is 24.7 Å². The molecule has 1 unspecified atom stereocenters. The van der Waals surface area contributed by atoms with Crippen LogP contribution in [0.5, 0.6) is 23.0 Å². The van der Waals surface area contributed by atoms with Gasteiger partial charge in [0.25, 0.3) is 0 Å². The third-order valence-electron chi connectivity index (χ3n) is 6.68. The molecule has 7 nitrogen and oxygen atoms in total. The van der Waals surface area contributed by atoms with E-state index in [9.17, 15) is 10.1 Å². The van der Waals surface area contributed by atoms with Crippen LogP contribution in [0, 0.1) is 11.3 Å². The normalized spacial score (nSPS) is 13.9. The van der Waals surface area contributed by atoms with E-state index in [2.05, 4.69) is 13.0 Å². The lowest BCUT2D eigenvalue weighted by atomic mass is 9.83. The van der Waals surface area contributed by atoms with E-state index in [1.165, 1.54) is 5.56 Å². The molecule has 206 valence electrons.